The van der Waals surface area contributed by atoms with Crippen LogP contribution in [0.5, 0.6) is 5.75 Å². The van der Waals surface area contributed by atoms with Crippen LogP contribution in [0.4, 0.5) is 5.69 Å². The highest BCUT2D eigenvalue weighted by Gasteiger charge is 2.74. The normalized spacial score (nSPS) is 30.9. The van der Waals surface area contributed by atoms with E-state index in [4.69, 9.17) is 9.47 Å². The number of carboxylic acid groups (broad SMARTS) is 1. The Bertz CT molecular complexity index is 902. The monoisotopic (exact) mass is 430 g/mol. The number of hydrogen-bond donors (Lipinski definition) is 2. The number of nitrogens with zero attached hydrogens (tertiary/aromatic N) is 2. The average Bonchev–Trinajstić information content (AvgIpc) is 3.40. The summed E-state index contributed by atoms with van der Waals surface area (Å²) < 4.78 is 11.3. The Morgan fingerprint density at radius 3 is 2.68 bits per heavy atom. The maximum absolute atomic E-state index is 13.9. The zero-order valence-electron chi connectivity index (χ0n) is 17.3. The quantitative estimate of drug-likeness (QED) is 0.582. The maximum Gasteiger partial charge on any atom is 0.310 e. The van der Waals surface area contributed by atoms with Crippen molar-refractivity contribution in [3.8, 4) is 5.75 Å². The molecule has 1 aromatic rings. The molecule has 31 heavy (non-hydrogen) atoms. The van der Waals surface area contributed by atoms with Crippen molar-refractivity contribution in [1.29, 1.82) is 0 Å². The first-order valence-electron chi connectivity index (χ1n) is 10.3. The molecule has 166 valence electrons. The number of β-amino-alcohol motifs (C(OH)–C–C–N with tert-alkyl or cyclic N) is 1. The molecule has 2 N–H and O–H groups in total. The predicted molar refractivity (Wildman–Crippen MR) is 110 cm³/mol. The van der Waals surface area contributed by atoms with Gasteiger partial charge in [0, 0.05) is 18.8 Å². The van der Waals surface area contributed by atoms with Crippen molar-refractivity contribution in [3.63, 3.8) is 0 Å². The number of anilines is 1. The van der Waals surface area contributed by atoms with Crippen molar-refractivity contribution in [1.82, 2.24) is 4.90 Å². The maximum atomic E-state index is 13.9. The van der Waals surface area contributed by atoms with Crippen LogP contribution in [0.3, 0.4) is 0 Å². The Morgan fingerprint density at radius 2 is 2.10 bits per heavy atom. The van der Waals surface area contributed by atoms with Crippen molar-refractivity contribution in [2.45, 2.75) is 30.6 Å². The number of ether oxygens (including phenoxy) is 2. The van der Waals surface area contributed by atoms with Gasteiger partial charge in [0.15, 0.2) is 0 Å². The number of hydrogen-bond acceptors (Lipinski definition) is 6. The fraction of sp³-hybridized carbons (Fsp3) is 0.500. The highest BCUT2D eigenvalue weighted by Crippen LogP contribution is 2.58. The van der Waals surface area contributed by atoms with Crippen LogP contribution in [0.25, 0.3) is 0 Å². The van der Waals surface area contributed by atoms with Crippen molar-refractivity contribution >= 4 is 23.5 Å². The third-order valence-electron chi connectivity index (χ3n) is 6.62. The molecule has 0 radical (unpaired) electrons. The Labute approximate surface area is 179 Å². The topological polar surface area (TPSA) is 117 Å². The Hall–Kier alpha value is -2.91. The van der Waals surface area contributed by atoms with E-state index in [9.17, 15) is 24.6 Å². The van der Waals surface area contributed by atoms with E-state index in [0.29, 0.717) is 24.3 Å². The number of benzene rings is 1. The summed E-state index contributed by atoms with van der Waals surface area (Å²) in [5.41, 5.74) is -0.618. The van der Waals surface area contributed by atoms with E-state index in [2.05, 4.69) is 6.58 Å². The molecule has 1 spiro atoms. The molecule has 0 saturated carbocycles. The predicted octanol–water partition coefficient (Wildman–Crippen LogP) is 0.666. The molecular formula is C22H26N2O7. The summed E-state index contributed by atoms with van der Waals surface area (Å²) in [7, 11) is 1.55. The Balaban J connectivity index is 1.75. The molecule has 9 nitrogen and oxygen atoms in total. The number of likely N-dealkylation sites (tertiary alicyclic amines) is 1. The summed E-state index contributed by atoms with van der Waals surface area (Å²) in [5, 5.41) is 19.3. The number of methoxy groups -OCH3 is 1. The Morgan fingerprint density at radius 1 is 1.39 bits per heavy atom. The zero-order valence-corrected chi connectivity index (χ0v) is 17.3. The van der Waals surface area contributed by atoms with Gasteiger partial charge in [-0.05, 0) is 37.1 Å². The fourth-order valence-electron chi connectivity index (χ4n) is 5.42. The molecule has 9 heteroatoms. The van der Waals surface area contributed by atoms with E-state index in [-0.39, 0.29) is 25.6 Å². The average molecular weight is 430 g/mol. The minimum absolute atomic E-state index is 0.0710. The summed E-state index contributed by atoms with van der Waals surface area (Å²) in [5.74, 6) is -3.23. The number of rotatable bonds is 8. The van der Waals surface area contributed by atoms with Gasteiger partial charge in [-0.1, -0.05) is 6.08 Å². The van der Waals surface area contributed by atoms with Crippen molar-refractivity contribution in [2.24, 2.45) is 11.8 Å². The summed E-state index contributed by atoms with van der Waals surface area (Å²) in [6.07, 6.45) is 1.88. The minimum atomic E-state index is -1.21. The molecule has 5 atom stereocenters. The number of fused-ring (bicyclic) bond motifs is 1. The molecule has 3 saturated heterocycles. The van der Waals surface area contributed by atoms with E-state index < -0.39 is 41.5 Å². The van der Waals surface area contributed by atoms with E-state index in [0.717, 1.165) is 0 Å². The largest absolute Gasteiger partial charge is 0.497 e. The van der Waals surface area contributed by atoms with Gasteiger partial charge in [-0.3, -0.25) is 14.4 Å². The van der Waals surface area contributed by atoms with Crippen LogP contribution in [-0.4, -0.2) is 77.4 Å². The summed E-state index contributed by atoms with van der Waals surface area (Å²) in [6.45, 7) is 3.51. The Kier molecular flexibility index (Phi) is 5.49. The van der Waals surface area contributed by atoms with Gasteiger partial charge in [-0.25, -0.2) is 0 Å². The molecule has 4 rings (SSSR count). The molecule has 3 heterocycles. The van der Waals surface area contributed by atoms with Gasteiger partial charge in [-0.2, -0.15) is 0 Å². The van der Waals surface area contributed by atoms with E-state index in [1.807, 2.05) is 0 Å². The number of carbonyl (C=O) groups excluding carboxylic acids is 2. The molecule has 0 aliphatic carbocycles. The lowest BCUT2D eigenvalue weighted by Crippen LogP contribution is -2.56. The second-order valence-electron chi connectivity index (χ2n) is 8.08. The van der Waals surface area contributed by atoms with E-state index in [1.54, 1.807) is 37.5 Å². The smallest absolute Gasteiger partial charge is 0.310 e. The van der Waals surface area contributed by atoms with Crippen LogP contribution in [0, 0.1) is 11.8 Å². The molecule has 3 fully saturated rings. The number of carboxylic acids is 1. The lowest BCUT2D eigenvalue weighted by molar-refractivity contribution is -0.149. The molecule has 0 aromatic heterocycles. The molecule has 0 unspecified atom stereocenters. The lowest BCUT2D eigenvalue weighted by atomic mass is 9.70. The van der Waals surface area contributed by atoms with E-state index >= 15 is 0 Å². The first kappa shape index (κ1) is 21.3. The zero-order chi connectivity index (χ0) is 22.3. The van der Waals surface area contributed by atoms with Gasteiger partial charge in [-0.15, -0.1) is 6.58 Å². The number of aliphatic hydroxyl groups is 1. The summed E-state index contributed by atoms with van der Waals surface area (Å²) in [6, 6.07) is 5.89. The third-order valence-corrected chi connectivity index (χ3v) is 6.62. The fourth-order valence-corrected chi connectivity index (χ4v) is 5.42. The summed E-state index contributed by atoms with van der Waals surface area (Å²) >= 11 is 0. The van der Waals surface area contributed by atoms with Crippen molar-refractivity contribution < 1.29 is 34.1 Å². The molecule has 3 aliphatic heterocycles. The summed E-state index contributed by atoms with van der Waals surface area (Å²) in [4.78, 5) is 41.8. The molecule has 3 aliphatic rings. The first-order chi connectivity index (χ1) is 14.9. The second kappa shape index (κ2) is 7.97. The van der Waals surface area contributed by atoms with Gasteiger partial charge in [0.2, 0.25) is 5.91 Å². The van der Waals surface area contributed by atoms with Crippen LogP contribution < -0.4 is 9.64 Å². The van der Waals surface area contributed by atoms with Crippen LogP contribution in [0.15, 0.2) is 36.9 Å². The molecular weight excluding hydrogens is 404 g/mol. The number of carbonyl (C=O) groups is 3. The number of aliphatic carboxylic acids is 1. The van der Waals surface area contributed by atoms with Crippen molar-refractivity contribution in [2.75, 3.05) is 31.7 Å². The molecule has 1 aromatic carbocycles. The van der Waals surface area contributed by atoms with Gasteiger partial charge in [0.05, 0.1) is 31.7 Å². The first-order valence-corrected chi connectivity index (χ1v) is 10.3. The van der Waals surface area contributed by atoms with Gasteiger partial charge >= 0.3 is 5.97 Å². The standard InChI is InChI=1S/C22H26N2O7/c1-3-10-23(13-4-6-14(30-2)7-5-13)20(27)18-22-9-8-15(31-22)16(21(28)29)17(22)19(26)24(18)11-12-25/h3-7,15-18,25H,1,8-12H2,2H3,(H,28,29)/t15-,16+,17+,18-,22+/m0/s1. The third kappa shape index (κ3) is 3.11. The van der Waals surface area contributed by atoms with Gasteiger partial charge in [0.1, 0.15) is 17.4 Å². The van der Waals surface area contributed by atoms with Crippen LogP contribution in [0.1, 0.15) is 12.8 Å². The van der Waals surface area contributed by atoms with Gasteiger partial charge in [0.25, 0.3) is 5.91 Å². The van der Waals surface area contributed by atoms with Crippen LogP contribution >= 0.6 is 0 Å². The minimum Gasteiger partial charge on any atom is -0.497 e. The van der Waals surface area contributed by atoms with Crippen LogP contribution in [-0.2, 0) is 19.1 Å². The number of aliphatic hydroxyl groups excluding tert-OH is 1. The SMILES string of the molecule is C=CCN(C(=O)[C@@H]1N(CCO)C(=O)[C@H]2[C@H](C(=O)O)[C@@H]3CC[C@]12O3)c1ccc(OC)cc1. The highest BCUT2D eigenvalue weighted by molar-refractivity contribution is 6.04. The van der Waals surface area contributed by atoms with Crippen molar-refractivity contribution in [3.05, 3.63) is 36.9 Å². The second-order valence-corrected chi connectivity index (χ2v) is 8.08. The van der Waals surface area contributed by atoms with Crippen LogP contribution in [0.2, 0.25) is 0 Å². The molecule has 2 amide bonds. The molecule has 2 bridgehead atoms. The van der Waals surface area contributed by atoms with E-state index in [1.165, 1.54) is 9.80 Å². The van der Waals surface area contributed by atoms with Gasteiger partial charge < -0.3 is 29.5 Å². The lowest BCUT2D eigenvalue weighted by Gasteiger charge is -2.36. The highest BCUT2D eigenvalue weighted by atomic mass is 16.5. The number of amides is 2.